The highest BCUT2D eigenvalue weighted by Gasteiger charge is 2.38. The number of nitrogens with zero attached hydrogens (tertiary/aromatic N) is 2. The number of para-hydroxylation sites is 1. The number of aromatic nitrogens is 2. The molecule has 3 aromatic carbocycles. The van der Waals surface area contributed by atoms with Crippen LogP contribution in [0.2, 0.25) is 0 Å². The van der Waals surface area contributed by atoms with Crippen molar-refractivity contribution in [3.05, 3.63) is 95.2 Å². The van der Waals surface area contributed by atoms with Crippen molar-refractivity contribution in [3.63, 3.8) is 0 Å². The van der Waals surface area contributed by atoms with Crippen molar-refractivity contribution >= 4 is 0 Å². The minimum Gasteiger partial charge on any atom is -0.220 e. The number of rotatable bonds is 4. The normalized spacial score (nSPS) is 14.2. The summed E-state index contributed by atoms with van der Waals surface area (Å²) in [7, 11) is 0. The molecule has 1 heterocycles. The topological polar surface area (TPSA) is 8.81 Å². The van der Waals surface area contributed by atoms with Crippen molar-refractivity contribution in [1.29, 1.82) is 0 Å². The van der Waals surface area contributed by atoms with Crippen molar-refractivity contribution in [2.75, 3.05) is 0 Å². The van der Waals surface area contributed by atoms with Gasteiger partial charge in [-0.05, 0) is 69.2 Å². The van der Waals surface area contributed by atoms with Gasteiger partial charge >= 0.3 is 0 Å². The summed E-state index contributed by atoms with van der Waals surface area (Å²) in [6, 6.07) is 27.0. The number of hydrogen-bond donors (Lipinski definition) is 0. The fourth-order valence-electron chi connectivity index (χ4n) is 5.62. The van der Waals surface area contributed by atoms with Crippen LogP contribution in [0.4, 0.5) is 0 Å². The van der Waals surface area contributed by atoms with Gasteiger partial charge in [0.25, 0.3) is 5.82 Å². The van der Waals surface area contributed by atoms with Crippen molar-refractivity contribution in [2.45, 2.75) is 59.4 Å². The van der Waals surface area contributed by atoms with Gasteiger partial charge in [0.15, 0.2) is 11.4 Å². The largest absolute Gasteiger partial charge is 0.295 e. The first-order valence-electron chi connectivity index (χ1n) is 11.9. The minimum absolute atomic E-state index is 0.531. The third kappa shape index (κ3) is 3.39. The van der Waals surface area contributed by atoms with Crippen LogP contribution in [-0.4, -0.2) is 4.57 Å². The molecule has 1 aliphatic carbocycles. The maximum absolute atomic E-state index is 2.69. The SMILES string of the molecule is Cc1ccccc1-n1c(C)c(-c2ccccc2)[n+](C2CCCC2)c1-c1c(C)cccc1C. The van der Waals surface area contributed by atoms with Gasteiger partial charge in [-0.1, -0.05) is 66.7 Å². The van der Waals surface area contributed by atoms with Crippen molar-refractivity contribution in [1.82, 2.24) is 4.57 Å². The van der Waals surface area contributed by atoms with Crippen LogP contribution >= 0.6 is 0 Å². The number of aryl methyl sites for hydroxylation is 3. The Morgan fingerprint density at radius 2 is 1.28 bits per heavy atom. The zero-order chi connectivity index (χ0) is 22.2. The standard InChI is InChI=1S/C30H33N2/c1-21-13-8-11-20-27(21)31-24(4)29(25-16-6-5-7-17-25)32(26-18-9-10-19-26)30(31)28-22(2)14-12-15-23(28)3/h5-8,11-17,20,26H,9-10,18-19H2,1-4H3/q+1. The molecule has 5 rings (SSSR count). The summed E-state index contributed by atoms with van der Waals surface area (Å²) in [5.74, 6) is 1.33. The molecule has 1 aliphatic rings. The van der Waals surface area contributed by atoms with E-state index in [9.17, 15) is 0 Å². The minimum atomic E-state index is 0.531. The van der Waals surface area contributed by atoms with Gasteiger partial charge in [0.1, 0.15) is 11.7 Å². The number of hydrogen-bond acceptors (Lipinski definition) is 0. The number of benzene rings is 3. The fourth-order valence-corrected chi connectivity index (χ4v) is 5.62. The molecule has 2 heteroatoms. The lowest BCUT2D eigenvalue weighted by Crippen LogP contribution is -2.41. The van der Waals surface area contributed by atoms with Crippen LogP contribution in [0.1, 0.15) is 54.1 Å². The molecule has 0 saturated heterocycles. The Labute approximate surface area is 192 Å². The van der Waals surface area contributed by atoms with Crippen LogP contribution < -0.4 is 4.57 Å². The van der Waals surface area contributed by atoms with Gasteiger partial charge < -0.3 is 0 Å². The molecular formula is C30H33N2+. The predicted molar refractivity (Wildman–Crippen MR) is 133 cm³/mol. The molecule has 1 fully saturated rings. The van der Waals surface area contributed by atoms with E-state index in [4.69, 9.17) is 0 Å². The van der Waals surface area contributed by atoms with E-state index >= 15 is 0 Å². The summed E-state index contributed by atoms with van der Waals surface area (Å²) in [5, 5.41) is 0. The van der Waals surface area contributed by atoms with E-state index in [2.05, 4.69) is 110 Å². The Bertz CT molecular complexity index is 1240. The van der Waals surface area contributed by atoms with Crippen LogP contribution in [0, 0.1) is 27.7 Å². The highest BCUT2D eigenvalue weighted by atomic mass is 15.2. The summed E-state index contributed by atoms with van der Waals surface area (Å²) < 4.78 is 5.23. The second-order valence-electron chi connectivity index (χ2n) is 9.32. The van der Waals surface area contributed by atoms with Crippen molar-refractivity contribution in [2.24, 2.45) is 0 Å². The van der Waals surface area contributed by atoms with Crippen LogP contribution in [-0.2, 0) is 0 Å². The van der Waals surface area contributed by atoms with Crippen LogP contribution in [0.3, 0.4) is 0 Å². The maximum atomic E-state index is 2.69. The predicted octanol–water partition coefficient (Wildman–Crippen LogP) is 7.45. The molecule has 4 aromatic rings. The molecule has 0 aliphatic heterocycles. The summed E-state index contributed by atoms with van der Waals surface area (Å²) in [4.78, 5) is 0. The molecule has 1 saturated carbocycles. The van der Waals surface area contributed by atoms with Gasteiger partial charge in [-0.25, -0.2) is 4.57 Å². The average molecular weight is 422 g/mol. The summed E-state index contributed by atoms with van der Waals surface area (Å²) in [6.07, 6.45) is 5.12. The Balaban J connectivity index is 1.95. The molecular weight excluding hydrogens is 388 g/mol. The van der Waals surface area contributed by atoms with E-state index in [0.29, 0.717) is 6.04 Å². The van der Waals surface area contributed by atoms with E-state index in [1.165, 1.54) is 76.4 Å². The Morgan fingerprint density at radius 3 is 1.94 bits per heavy atom. The zero-order valence-electron chi connectivity index (χ0n) is 19.7. The van der Waals surface area contributed by atoms with Gasteiger partial charge in [0.05, 0.1) is 5.56 Å². The lowest BCUT2D eigenvalue weighted by atomic mass is 10.0. The Kier molecular flexibility index (Phi) is 5.46. The molecule has 0 unspecified atom stereocenters. The summed E-state index contributed by atoms with van der Waals surface area (Å²) in [5.41, 5.74) is 10.6. The Morgan fingerprint density at radius 1 is 0.688 bits per heavy atom. The Hall–Kier alpha value is -3.13. The lowest BCUT2D eigenvalue weighted by Gasteiger charge is -2.16. The van der Waals surface area contributed by atoms with E-state index < -0.39 is 0 Å². The monoisotopic (exact) mass is 421 g/mol. The van der Waals surface area contributed by atoms with E-state index in [0.717, 1.165) is 0 Å². The van der Waals surface area contributed by atoms with E-state index in [-0.39, 0.29) is 0 Å². The molecule has 0 N–H and O–H groups in total. The van der Waals surface area contributed by atoms with Crippen LogP contribution in [0.5, 0.6) is 0 Å². The van der Waals surface area contributed by atoms with Gasteiger partial charge in [0.2, 0.25) is 0 Å². The highest BCUT2D eigenvalue weighted by molar-refractivity contribution is 5.70. The molecule has 0 amide bonds. The second-order valence-corrected chi connectivity index (χ2v) is 9.32. The first-order valence-corrected chi connectivity index (χ1v) is 11.9. The quantitative estimate of drug-likeness (QED) is 0.303. The second kappa shape index (κ2) is 8.43. The van der Waals surface area contributed by atoms with Gasteiger partial charge in [-0.15, -0.1) is 0 Å². The molecule has 0 atom stereocenters. The highest BCUT2D eigenvalue weighted by Crippen LogP contribution is 2.38. The van der Waals surface area contributed by atoms with Gasteiger partial charge in [0, 0.05) is 12.5 Å². The lowest BCUT2D eigenvalue weighted by molar-refractivity contribution is -0.700. The fraction of sp³-hybridized carbons (Fsp3) is 0.300. The molecule has 0 radical (unpaired) electrons. The van der Waals surface area contributed by atoms with Crippen LogP contribution in [0.15, 0.2) is 72.8 Å². The first kappa shape index (κ1) is 20.8. The maximum Gasteiger partial charge on any atom is 0.295 e. The molecule has 1 aromatic heterocycles. The molecule has 0 spiro atoms. The third-order valence-electron chi connectivity index (χ3n) is 7.16. The first-order chi connectivity index (χ1) is 15.6. The molecule has 32 heavy (non-hydrogen) atoms. The number of imidazole rings is 1. The van der Waals surface area contributed by atoms with E-state index in [1.54, 1.807) is 0 Å². The van der Waals surface area contributed by atoms with Crippen molar-refractivity contribution in [3.8, 4) is 28.3 Å². The van der Waals surface area contributed by atoms with E-state index in [1.807, 2.05) is 0 Å². The zero-order valence-corrected chi connectivity index (χ0v) is 19.7. The molecule has 2 nitrogen and oxygen atoms in total. The van der Waals surface area contributed by atoms with Crippen molar-refractivity contribution < 1.29 is 4.57 Å². The van der Waals surface area contributed by atoms with Gasteiger partial charge in [-0.2, -0.15) is 4.57 Å². The van der Waals surface area contributed by atoms with Crippen LogP contribution in [0.25, 0.3) is 28.3 Å². The third-order valence-corrected chi connectivity index (χ3v) is 7.16. The average Bonchev–Trinajstić information content (AvgIpc) is 3.41. The summed E-state index contributed by atoms with van der Waals surface area (Å²) in [6.45, 7) is 9.05. The van der Waals surface area contributed by atoms with Gasteiger partial charge in [-0.3, -0.25) is 0 Å². The smallest absolute Gasteiger partial charge is 0.220 e. The molecule has 162 valence electrons. The molecule has 0 bridgehead atoms. The summed E-state index contributed by atoms with van der Waals surface area (Å²) >= 11 is 0.